The molecule has 0 unspecified atom stereocenters. The fourth-order valence-corrected chi connectivity index (χ4v) is 2.86. The highest BCUT2D eigenvalue weighted by molar-refractivity contribution is 5.95. The van der Waals surface area contributed by atoms with Crippen LogP contribution in [0, 0.1) is 13.8 Å². The zero-order valence-corrected chi connectivity index (χ0v) is 15.8. The molecule has 1 aromatic carbocycles. The fourth-order valence-electron chi connectivity index (χ4n) is 2.86. The molecule has 8 heteroatoms. The summed E-state index contributed by atoms with van der Waals surface area (Å²) in [6, 6.07) is 10.9. The van der Waals surface area contributed by atoms with Crippen LogP contribution in [0.25, 0.3) is 5.69 Å². The van der Waals surface area contributed by atoms with Gasteiger partial charge >= 0.3 is 0 Å². The van der Waals surface area contributed by atoms with Crippen molar-refractivity contribution in [2.75, 3.05) is 5.32 Å². The lowest BCUT2D eigenvalue weighted by Gasteiger charge is -2.06. The molecule has 0 saturated carbocycles. The first-order chi connectivity index (χ1) is 12.9. The lowest BCUT2D eigenvalue weighted by atomic mass is 10.2. The van der Waals surface area contributed by atoms with Gasteiger partial charge in [-0.15, -0.1) is 0 Å². The first kappa shape index (κ1) is 18.4. The minimum Gasteiger partial charge on any atom is -0.346 e. The lowest BCUT2D eigenvalue weighted by Crippen LogP contribution is -2.24. The number of aromatic nitrogens is 4. The van der Waals surface area contributed by atoms with Gasteiger partial charge in [0.05, 0.1) is 11.4 Å². The molecular weight excluding hydrogens is 344 g/mol. The van der Waals surface area contributed by atoms with Gasteiger partial charge in [0.2, 0.25) is 5.91 Å². The Morgan fingerprint density at radius 2 is 1.81 bits per heavy atom. The van der Waals surface area contributed by atoms with Crippen molar-refractivity contribution in [1.29, 1.82) is 0 Å². The van der Waals surface area contributed by atoms with Crippen molar-refractivity contribution in [2.24, 2.45) is 7.05 Å². The summed E-state index contributed by atoms with van der Waals surface area (Å²) in [4.78, 5) is 24.1. The van der Waals surface area contributed by atoms with Gasteiger partial charge in [0.15, 0.2) is 5.69 Å². The van der Waals surface area contributed by atoms with Gasteiger partial charge in [-0.2, -0.15) is 10.2 Å². The molecule has 0 radical (unpaired) electrons. The number of nitrogens with zero attached hydrogens (tertiary/aromatic N) is 4. The van der Waals surface area contributed by atoms with Crippen LogP contribution in [0.4, 0.5) is 5.82 Å². The summed E-state index contributed by atoms with van der Waals surface area (Å²) in [5.74, 6) is -0.118. The molecule has 8 nitrogen and oxygen atoms in total. The quantitative estimate of drug-likeness (QED) is 0.723. The van der Waals surface area contributed by atoms with E-state index in [1.807, 2.05) is 51.2 Å². The van der Waals surface area contributed by atoms with E-state index in [1.165, 1.54) is 11.6 Å². The van der Waals surface area contributed by atoms with Crippen LogP contribution in [-0.4, -0.2) is 31.4 Å². The summed E-state index contributed by atoms with van der Waals surface area (Å²) < 4.78 is 3.33. The monoisotopic (exact) mass is 366 g/mol. The predicted octanol–water partition coefficient (Wildman–Crippen LogP) is 2.11. The molecule has 0 aliphatic rings. The smallest absolute Gasteiger partial charge is 0.272 e. The van der Waals surface area contributed by atoms with Crippen LogP contribution in [0.1, 0.15) is 34.4 Å². The van der Waals surface area contributed by atoms with Crippen LogP contribution >= 0.6 is 0 Å². The second-order valence-corrected chi connectivity index (χ2v) is 6.30. The van der Waals surface area contributed by atoms with Gasteiger partial charge in [0.25, 0.3) is 5.91 Å². The molecule has 2 heterocycles. The summed E-state index contributed by atoms with van der Waals surface area (Å²) in [7, 11) is 1.87. The van der Waals surface area contributed by atoms with Gasteiger partial charge in [0.1, 0.15) is 5.82 Å². The second-order valence-electron chi connectivity index (χ2n) is 6.30. The Morgan fingerprint density at radius 3 is 2.41 bits per heavy atom. The van der Waals surface area contributed by atoms with E-state index in [-0.39, 0.29) is 17.5 Å². The topological polar surface area (TPSA) is 93.8 Å². The van der Waals surface area contributed by atoms with E-state index in [0.29, 0.717) is 12.4 Å². The van der Waals surface area contributed by atoms with Crippen molar-refractivity contribution in [3.63, 3.8) is 0 Å². The van der Waals surface area contributed by atoms with E-state index in [9.17, 15) is 9.59 Å². The Hall–Kier alpha value is -3.42. The molecule has 0 spiro atoms. The van der Waals surface area contributed by atoms with E-state index in [1.54, 1.807) is 10.7 Å². The zero-order valence-electron chi connectivity index (χ0n) is 15.8. The third-order valence-electron chi connectivity index (χ3n) is 4.33. The minimum absolute atomic E-state index is 0.224. The number of hydrogen-bond acceptors (Lipinski definition) is 4. The van der Waals surface area contributed by atoms with E-state index in [0.717, 1.165) is 22.6 Å². The molecule has 3 aromatic rings. The summed E-state index contributed by atoms with van der Waals surface area (Å²) in [6.07, 6.45) is 0. The van der Waals surface area contributed by atoms with Crippen LogP contribution in [0.5, 0.6) is 0 Å². The number of amides is 2. The highest BCUT2D eigenvalue weighted by Crippen LogP contribution is 2.18. The Kier molecular flexibility index (Phi) is 5.07. The van der Waals surface area contributed by atoms with Gasteiger partial charge in [-0.25, -0.2) is 4.68 Å². The number of carbonyl (C=O) groups is 2. The lowest BCUT2D eigenvalue weighted by molar-refractivity contribution is -0.114. The van der Waals surface area contributed by atoms with Gasteiger partial charge in [0, 0.05) is 37.8 Å². The Bertz CT molecular complexity index is 987. The highest BCUT2D eigenvalue weighted by Gasteiger charge is 2.17. The highest BCUT2D eigenvalue weighted by atomic mass is 16.2. The van der Waals surface area contributed by atoms with Crippen molar-refractivity contribution in [3.8, 4) is 5.69 Å². The number of benzene rings is 1. The molecule has 3 rings (SSSR count). The second kappa shape index (κ2) is 7.45. The van der Waals surface area contributed by atoms with Gasteiger partial charge < -0.3 is 10.6 Å². The largest absolute Gasteiger partial charge is 0.346 e. The van der Waals surface area contributed by atoms with Gasteiger partial charge in [-0.3, -0.25) is 14.3 Å². The standard InChI is InChI=1S/C19H22N6O2/c1-12-16(13(2)24(4)22-12)11-20-19(27)17-10-18(21-14(3)26)25(23-17)15-8-6-5-7-9-15/h5-10H,11H2,1-4H3,(H,20,27)(H,21,26). The first-order valence-corrected chi connectivity index (χ1v) is 8.57. The van der Waals surface area contributed by atoms with E-state index in [4.69, 9.17) is 0 Å². The molecule has 0 bridgehead atoms. The average Bonchev–Trinajstić information content (AvgIpc) is 3.15. The maximum atomic E-state index is 12.6. The first-order valence-electron chi connectivity index (χ1n) is 8.57. The number of rotatable bonds is 5. The Morgan fingerprint density at radius 1 is 1.11 bits per heavy atom. The summed E-state index contributed by atoms with van der Waals surface area (Å²) >= 11 is 0. The van der Waals surface area contributed by atoms with Crippen LogP contribution < -0.4 is 10.6 Å². The Labute approximate surface area is 157 Å². The van der Waals surface area contributed by atoms with Crippen LogP contribution in [-0.2, 0) is 18.4 Å². The van der Waals surface area contributed by atoms with E-state index >= 15 is 0 Å². The van der Waals surface area contributed by atoms with Gasteiger partial charge in [-0.1, -0.05) is 18.2 Å². The number of anilines is 1. The maximum absolute atomic E-state index is 12.6. The molecule has 0 atom stereocenters. The van der Waals surface area contributed by atoms with Crippen LogP contribution in [0.15, 0.2) is 36.4 Å². The van der Waals surface area contributed by atoms with Crippen molar-refractivity contribution in [1.82, 2.24) is 24.9 Å². The average molecular weight is 366 g/mol. The van der Waals surface area contributed by atoms with Crippen LogP contribution in [0.3, 0.4) is 0 Å². The molecule has 2 aromatic heterocycles. The zero-order chi connectivity index (χ0) is 19.6. The van der Waals surface area contributed by atoms with Gasteiger partial charge in [-0.05, 0) is 26.0 Å². The number of carbonyl (C=O) groups excluding carboxylic acids is 2. The van der Waals surface area contributed by atoms with Crippen molar-refractivity contribution >= 4 is 17.6 Å². The van der Waals surface area contributed by atoms with Crippen molar-refractivity contribution < 1.29 is 9.59 Å². The molecule has 2 amide bonds. The van der Waals surface area contributed by atoms with Crippen molar-refractivity contribution in [2.45, 2.75) is 27.3 Å². The van der Waals surface area contributed by atoms with E-state index < -0.39 is 0 Å². The predicted molar refractivity (Wildman–Crippen MR) is 102 cm³/mol. The van der Waals surface area contributed by atoms with Crippen LogP contribution in [0.2, 0.25) is 0 Å². The summed E-state index contributed by atoms with van der Waals surface area (Å²) in [6.45, 7) is 5.64. The normalized spacial score (nSPS) is 10.7. The number of nitrogens with one attached hydrogen (secondary N) is 2. The maximum Gasteiger partial charge on any atom is 0.272 e. The molecule has 0 saturated heterocycles. The molecule has 0 aliphatic heterocycles. The van der Waals surface area contributed by atoms with E-state index in [2.05, 4.69) is 20.8 Å². The Balaban J connectivity index is 1.84. The number of hydrogen-bond donors (Lipinski definition) is 2. The summed E-state index contributed by atoms with van der Waals surface area (Å²) in [5.41, 5.74) is 3.84. The minimum atomic E-state index is -0.320. The molecule has 0 aliphatic carbocycles. The van der Waals surface area contributed by atoms with Crippen molar-refractivity contribution in [3.05, 3.63) is 59.0 Å². The third kappa shape index (κ3) is 3.89. The molecule has 0 fully saturated rings. The molecule has 140 valence electrons. The number of aryl methyl sites for hydroxylation is 2. The third-order valence-corrected chi connectivity index (χ3v) is 4.33. The SMILES string of the molecule is CC(=O)Nc1cc(C(=O)NCc2c(C)nn(C)c2C)nn1-c1ccccc1. The summed E-state index contributed by atoms with van der Waals surface area (Å²) in [5, 5.41) is 14.3. The molecule has 27 heavy (non-hydrogen) atoms. The molecular formula is C19H22N6O2. The molecule has 2 N–H and O–H groups in total. The fraction of sp³-hybridized carbons (Fsp3) is 0.263. The number of para-hydroxylation sites is 1.